The molecule has 3 rings (SSSR count). The van der Waals surface area contributed by atoms with Crippen LogP contribution in [0, 0.1) is 0 Å². The predicted molar refractivity (Wildman–Crippen MR) is 84.4 cm³/mol. The Labute approximate surface area is 125 Å². The van der Waals surface area contributed by atoms with Crippen molar-refractivity contribution in [2.75, 3.05) is 11.2 Å². The van der Waals surface area contributed by atoms with E-state index in [4.69, 9.17) is 11.6 Å². The van der Waals surface area contributed by atoms with Gasteiger partial charge in [0.05, 0.1) is 5.69 Å². The molecule has 0 unspecified atom stereocenters. The van der Waals surface area contributed by atoms with Gasteiger partial charge in [0.15, 0.2) is 5.13 Å². The number of nitrogens with zero attached hydrogens (tertiary/aromatic N) is 1. The molecule has 0 fully saturated rings. The Bertz CT molecular complexity index is 764. The van der Waals surface area contributed by atoms with Crippen molar-refractivity contribution < 1.29 is 4.79 Å². The molecule has 0 radical (unpaired) electrons. The van der Waals surface area contributed by atoms with E-state index in [9.17, 15) is 4.79 Å². The van der Waals surface area contributed by atoms with E-state index in [-0.39, 0.29) is 11.8 Å². The van der Waals surface area contributed by atoms with E-state index in [0.29, 0.717) is 5.13 Å². The summed E-state index contributed by atoms with van der Waals surface area (Å²) in [5, 5.41) is 7.49. The van der Waals surface area contributed by atoms with Crippen molar-refractivity contribution in [1.29, 1.82) is 0 Å². The zero-order valence-corrected chi connectivity index (χ0v) is 12.0. The number of carbonyl (C=O) groups is 1. The monoisotopic (exact) mass is 302 g/mol. The molecule has 0 aliphatic carbocycles. The number of thiazole rings is 1. The van der Waals surface area contributed by atoms with E-state index in [1.54, 1.807) is 0 Å². The van der Waals surface area contributed by atoms with Crippen LogP contribution >= 0.6 is 22.9 Å². The lowest BCUT2D eigenvalue weighted by atomic mass is 10.0. The SMILES string of the molecule is O=C(CCl)Nc1nc(-c2cccc3ccccc23)cs1. The van der Waals surface area contributed by atoms with Crippen molar-refractivity contribution in [2.45, 2.75) is 0 Å². The number of hydrogen-bond donors (Lipinski definition) is 1. The summed E-state index contributed by atoms with van der Waals surface area (Å²) in [5.74, 6) is -0.311. The maximum atomic E-state index is 11.3. The number of anilines is 1. The minimum atomic E-state index is -0.245. The number of carbonyl (C=O) groups excluding carboxylic acids is 1. The topological polar surface area (TPSA) is 42.0 Å². The van der Waals surface area contributed by atoms with Crippen LogP contribution in [0.25, 0.3) is 22.0 Å². The Balaban J connectivity index is 2.01. The summed E-state index contributed by atoms with van der Waals surface area (Å²) in [6, 6.07) is 14.3. The van der Waals surface area contributed by atoms with Crippen LogP contribution in [0.15, 0.2) is 47.8 Å². The van der Waals surface area contributed by atoms with Crippen LogP contribution in [0.2, 0.25) is 0 Å². The smallest absolute Gasteiger partial charge is 0.241 e. The number of hydrogen-bond acceptors (Lipinski definition) is 3. The molecular weight excluding hydrogens is 292 g/mol. The first-order valence-electron chi connectivity index (χ1n) is 6.07. The maximum Gasteiger partial charge on any atom is 0.241 e. The van der Waals surface area contributed by atoms with Crippen molar-refractivity contribution in [2.24, 2.45) is 0 Å². The van der Waals surface area contributed by atoms with Crippen LogP contribution in [0.1, 0.15) is 0 Å². The highest BCUT2D eigenvalue weighted by Gasteiger charge is 2.09. The van der Waals surface area contributed by atoms with Gasteiger partial charge in [-0.1, -0.05) is 42.5 Å². The zero-order chi connectivity index (χ0) is 13.9. The van der Waals surface area contributed by atoms with E-state index < -0.39 is 0 Å². The number of aromatic nitrogens is 1. The normalized spacial score (nSPS) is 10.7. The largest absolute Gasteiger partial charge is 0.301 e. The molecule has 3 nitrogen and oxygen atoms in total. The van der Waals surface area contributed by atoms with Gasteiger partial charge in [-0.25, -0.2) is 4.98 Å². The molecule has 3 aromatic rings. The van der Waals surface area contributed by atoms with Crippen molar-refractivity contribution in [1.82, 2.24) is 4.98 Å². The summed E-state index contributed by atoms with van der Waals surface area (Å²) in [4.78, 5) is 15.7. The first kappa shape index (κ1) is 13.1. The second kappa shape index (κ2) is 5.61. The van der Waals surface area contributed by atoms with E-state index >= 15 is 0 Å². The standard InChI is InChI=1S/C15H11ClN2OS/c16-8-14(19)18-15-17-13(9-20-15)12-7-3-5-10-4-1-2-6-11(10)12/h1-7,9H,8H2,(H,17,18,19). The quantitative estimate of drug-likeness (QED) is 0.739. The van der Waals surface area contributed by atoms with Crippen LogP contribution < -0.4 is 5.32 Å². The minimum absolute atomic E-state index is 0.0663. The average molecular weight is 303 g/mol. The summed E-state index contributed by atoms with van der Waals surface area (Å²) in [6.45, 7) is 0. The van der Waals surface area contributed by atoms with E-state index in [0.717, 1.165) is 16.6 Å². The Morgan fingerprint density at radius 1 is 1.20 bits per heavy atom. The Hall–Kier alpha value is -1.91. The molecule has 0 aliphatic heterocycles. The van der Waals surface area contributed by atoms with Crippen LogP contribution in [0.5, 0.6) is 0 Å². The fourth-order valence-corrected chi connectivity index (χ4v) is 2.85. The Morgan fingerprint density at radius 3 is 2.85 bits per heavy atom. The molecular formula is C15H11ClN2OS. The molecule has 1 N–H and O–H groups in total. The summed E-state index contributed by atoms with van der Waals surface area (Å²) in [5.41, 5.74) is 1.92. The highest BCUT2D eigenvalue weighted by atomic mass is 35.5. The molecule has 0 saturated carbocycles. The number of alkyl halides is 1. The molecule has 0 saturated heterocycles. The lowest BCUT2D eigenvalue weighted by molar-refractivity contribution is -0.113. The van der Waals surface area contributed by atoms with Gasteiger partial charge < -0.3 is 5.32 Å². The summed E-state index contributed by atoms with van der Waals surface area (Å²) < 4.78 is 0. The molecule has 0 aliphatic rings. The van der Waals surface area contributed by atoms with E-state index in [1.165, 1.54) is 16.7 Å². The molecule has 5 heteroatoms. The Kier molecular flexibility index (Phi) is 3.67. The van der Waals surface area contributed by atoms with Gasteiger partial charge in [-0.15, -0.1) is 22.9 Å². The first-order chi connectivity index (χ1) is 9.78. The third-order valence-electron chi connectivity index (χ3n) is 2.94. The zero-order valence-electron chi connectivity index (χ0n) is 10.5. The first-order valence-corrected chi connectivity index (χ1v) is 7.49. The van der Waals surface area contributed by atoms with Gasteiger partial charge in [-0.3, -0.25) is 4.79 Å². The molecule has 0 bridgehead atoms. The van der Waals surface area contributed by atoms with Crippen molar-refractivity contribution in [3.05, 3.63) is 47.8 Å². The number of amides is 1. The summed E-state index contributed by atoms with van der Waals surface area (Å²) in [6.07, 6.45) is 0. The van der Waals surface area contributed by atoms with Gasteiger partial charge in [0.25, 0.3) is 0 Å². The van der Waals surface area contributed by atoms with Gasteiger partial charge in [-0.05, 0) is 10.8 Å². The molecule has 1 heterocycles. The van der Waals surface area contributed by atoms with Crippen LogP contribution in [-0.4, -0.2) is 16.8 Å². The average Bonchev–Trinajstić information content (AvgIpc) is 2.94. The van der Waals surface area contributed by atoms with E-state index in [1.807, 2.05) is 29.6 Å². The number of fused-ring (bicyclic) bond motifs is 1. The Morgan fingerprint density at radius 2 is 2.00 bits per heavy atom. The number of halogens is 1. The van der Waals surface area contributed by atoms with Crippen molar-refractivity contribution in [3.63, 3.8) is 0 Å². The van der Waals surface area contributed by atoms with Crippen LogP contribution in [0.4, 0.5) is 5.13 Å². The molecule has 100 valence electrons. The fraction of sp³-hybridized carbons (Fsp3) is 0.0667. The maximum absolute atomic E-state index is 11.3. The molecule has 20 heavy (non-hydrogen) atoms. The van der Waals surface area contributed by atoms with Gasteiger partial charge >= 0.3 is 0 Å². The molecule has 2 aromatic carbocycles. The highest BCUT2D eigenvalue weighted by molar-refractivity contribution is 7.14. The second-order valence-electron chi connectivity index (χ2n) is 4.25. The van der Waals surface area contributed by atoms with Gasteiger partial charge in [0.2, 0.25) is 5.91 Å². The fourth-order valence-electron chi connectivity index (χ4n) is 2.06. The third kappa shape index (κ3) is 2.53. The predicted octanol–water partition coefficient (Wildman–Crippen LogP) is 4.14. The van der Waals surface area contributed by atoms with Gasteiger partial charge in [-0.2, -0.15) is 0 Å². The second-order valence-corrected chi connectivity index (χ2v) is 5.37. The lowest BCUT2D eigenvalue weighted by Gasteiger charge is -2.03. The van der Waals surface area contributed by atoms with E-state index in [2.05, 4.69) is 28.5 Å². The number of benzene rings is 2. The number of nitrogens with one attached hydrogen (secondary N) is 1. The molecule has 1 amide bonds. The molecule has 0 spiro atoms. The van der Waals surface area contributed by atoms with Gasteiger partial charge in [0, 0.05) is 10.9 Å². The molecule has 0 atom stereocenters. The summed E-state index contributed by atoms with van der Waals surface area (Å²) >= 11 is 6.86. The minimum Gasteiger partial charge on any atom is -0.301 e. The lowest BCUT2D eigenvalue weighted by Crippen LogP contribution is -2.12. The van der Waals surface area contributed by atoms with Crippen LogP contribution in [0.3, 0.4) is 0 Å². The highest BCUT2D eigenvalue weighted by Crippen LogP contribution is 2.30. The number of rotatable bonds is 3. The van der Waals surface area contributed by atoms with Crippen LogP contribution in [-0.2, 0) is 4.79 Å². The van der Waals surface area contributed by atoms with Crippen molar-refractivity contribution in [3.8, 4) is 11.3 Å². The van der Waals surface area contributed by atoms with Gasteiger partial charge in [0.1, 0.15) is 5.88 Å². The summed E-state index contributed by atoms with van der Waals surface area (Å²) in [7, 11) is 0. The molecule has 1 aromatic heterocycles. The van der Waals surface area contributed by atoms with Crippen molar-refractivity contribution >= 4 is 44.7 Å². The third-order valence-corrected chi connectivity index (χ3v) is 3.94.